The molecule has 0 aliphatic carbocycles. The molecule has 11 aromatic rings. The molecule has 2 heteroatoms. The number of benzene rings is 10. The molecule has 0 bridgehead atoms. The van der Waals surface area contributed by atoms with Crippen LogP contribution in [-0.2, 0) is 0 Å². The fourth-order valence-electron chi connectivity index (χ4n) is 8.81. The summed E-state index contributed by atoms with van der Waals surface area (Å²) in [6.07, 6.45) is 0. The van der Waals surface area contributed by atoms with Crippen molar-refractivity contribution in [2.75, 3.05) is 4.90 Å². The molecule has 0 saturated carbocycles. The quantitative estimate of drug-likeness (QED) is 0.145. The normalized spacial score (nSPS) is 11.2. The molecule has 0 N–H and O–H groups in total. The fraction of sp³-hybridized carbons (Fsp3) is 0. The third-order valence-electron chi connectivity index (χ3n) is 11.9. The molecular formula is C60H41NO. The highest BCUT2D eigenvalue weighted by molar-refractivity contribution is 6.02. The Morgan fingerprint density at radius 1 is 0.274 bits per heavy atom. The van der Waals surface area contributed by atoms with Gasteiger partial charge in [0.05, 0.1) is 0 Å². The zero-order valence-corrected chi connectivity index (χ0v) is 34.0. The van der Waals surface area contributed by atoms with Crippen LogP contribution in [0.2, 0.25) is 0 Å². The molecule has 0 radical (unpaired) electrons. The average Bonchev–Trinajstić information content (AvgIpc) is 3.75. The van der Waals surface area contributed by atoms with E-state index in [1.165, 1.54) is 44.2 Å². The summed E-state index contributed by atoms with van der Waals surface area (Å²) in [5.41, 5.74) is 16.9. The van der Waals surface area contributed by atoms with E-state index < -0.39 is 0 Å². The van der Waals surface area contributed by atoms with Crippen molar-refractivity contribution in [2.24, 2.45) is 0 Å². The van der Waals surface area contributed by atoms with Crippen LogP contribution < -0.4 is 4.90 Å². The number of para-hydroxylation sites is 1. The molecule has 0 saturated heterocycles. The van der Waals surface area contributed by atoms with E-state index in [0.29, 0.717) is 0 Å². The van der Waals surface area contributed by atoms with E-state index in [0.717, 1.165) is 61.6 Å². The van der Waals surface area contributed by atoms with Crippen molar-refractivity contribution in [1.29, 1.82) is 0 Å². The number of furan rings is 1. The van der Waals surface area contributed by atoms with Crippen molar-refractivity contribution >= 4 is 38.8 Å². The molecule has 292 valence electrons. The monoisotopic (exact) mass is 791 g/mol. The van der Waals surface area contributed by atoms with Gasteiger partial charge in [-0.15, -0.1) is 0 Å². The van der Waals surface area contributed by atoms with Crippen LogP contribution in [0.1, 0.15) is 0 Å². The van der Waals surface area contributed by atoms with Gasteiger partial charge in [0.1, 0.15) is 11.3 Å². The molecule has 11 rings (SSSR count). The van der Waals surface area contributed by atoms with E-state index in [9.17, 15) is 0 Å². The van der Waals surface area contributed by atoms with Gasteiger partial charge in [-0.25, -0.2) is 0 Å². The van der Waals surface area contributed by atoms with E-state index >= 15 is 0 Å². The fourth-order valence-corrected chi connectivity index (χ4v) is 8.81. The predicted octanol–water partition coefficient (Wildman–Crippen LogP) is 17.1. The van der Waals surface area contributed by atoms with E-state index in [1.54, 1.807) is 0 Å². The number of fused-ring (bicyclic) bond motifs is 2. The lowest BCUT2D eigenvalue weighted by Gasteiger charge is -2.26. The van der Waals surface area contributed by atoms with Gasteiger partial charge in [-0.2, -0.15) is 0 Å². The van der Waals surface area contributed by atoms with Gasteiger partial charge in [0.25, 0.3) is 0 Å². The first kappa shape index (κ1) is 36.8. The summed E-state index contributed by atoms with van der Waals surface area (Å²) in [4.78, 5) is 2.36. The second kappa shape index (κ2) is 16.1. The number of anilines is 3. The molecule has 0 amide bonds. The van der Waals surface area contributed by atoms with E-state index in [2.05, 4.69) is 241 Å². The van der Waals surface area contributed by atoms with Gasteiger partial charge in [-0.3, -0.25) is 0 Å². The second-order valence-corrected chi connectivity index (χ2v) is 15.7. The highest BCUT2D eigenvalue weighted by Crippen LogP contribution is 2.43. The Kier molecular flexibility index (Phi) is 9.57. The number of rotatable bonds is 9. The Balaban J connectivity index is 0.966. The zero-order valence-electron chi connectivity index (χ0n) is 34.0. The van der Waals surface area contributed by atoms with Gasteiger partial charge in [-0.1, -0.05) is 200 Å². The Morgan fingerprint density at radius 3 is 1.44 bits per heavy atom. The van der Waals surface area contributed by atoms with Gasteiger partial charge in [0.15, 0.2) is 0 Å². The number of nitrogens with zero attached hydrogens (tertiary/aromatic N) is 1. The molecular weight excluding hydrogens is 751 g/mol. The Morgan fingerprint density at radius 2 is 0.742 bits per heavy atom. The summed E-state index contributed by atoms with van der Waals surface area (Å²) in [6.45, 7) is 0. The minimum Gasteiger partial charge on any atom is -0.455 e. The molecule has 62 heavy (non-hydrogen) atoms. The first-order valence-electron chi connectivity index (χ1n) is 21.2. The molecule has 0 aliphatic rings. The van der Waals surface area contributed by atoms with Gasteiger partial charge >= 0.3 is 0 Å². The van der Waals surface area contributed by atoms with E-state index in [1.807, 2.05) is 12.1 Å². The zero-order chi connectivity index (χ0) is 41.2. The SMILES string of the molecule is c1ccc(-c2ccc(-c3ccc(N(c4ccc(-c5cccc(-c6oc7ccccc7c6-c6ccccc6)c5)cc4)c4cccc(-c5cccc6ccccc56)c4)cc3)cc2)cc1. The third-order valence-corrected chi connectivity index (χ3v) is 11.9. The lowest BCUT2D eigenvalue weighted by molar-refractivity contribution is 0.632. The third kappa shape index (κ3) is 7.04. The molecule has 1 aromatic heterocycles. The summed E-state index contributed by atoms with van der Waals surface area (Å²) in [5, 5.41) is 3.59. The average molecular weight is 792 g/mol. The van der Waals surface area contributed by atoms with Crippen molar-refractivity contribution in [1.82, 2.24) is 0 Å². The molecule has 0 atom stereocenters. The van der Waals surface area contributed by atoms with Crippen molar-refractivity contribution in [3.63, 3.8) is 0 Å². The highest BCUT2D eigenvalue weighted by Gasteiger charge is 2.19. The smallest absolute Gasteiger partial charge is 0.143 e. The molecule has 0 spiro atoms. The lowest BCUT2D eigenvalue weighted by Crippen LogP contribution is -2.10. The van der Waals surface area contributed by atoms with Crippen LogP contribution in [0.15, 0.2) is 253 Å². The van der Waals surface area contributed by atoms with E-state index in [-0.39, 0.29) is 0 Å². The van der Waals surface area contributed by atoms with Gasteiger partial charge in [0, 0.05) is 33.6 Å². The predicted molar refractivity (Wildman–Crippen MR) is 261 cm³/mol. The van der Waals surface area contributed by atoms with Crippen LogP contribution in [-0.4, -0.2) is 0 Å². The number of hydrogen-bond acceptors (Lipinski definition) is 2. The van der Waals surface area contributed by atoms with Crippen molar-refractivity contribution in [2.45, 2.75) is 0 Å². The van der Waals surface area contributed by atoms with Crippen LogP contribution in [0, 0.1) is 0 Å². The van der Waals surface area contributed by atoms with Gasteiger partial charge < -0.3 is 9.32 Å². The summed E-state index contributed by atoms with van der Waals surface area (Å²) in [6, 6.07) is 88.9. The maximum atomic E-state index is 6.60. The Hall–Kier alpha value is -8.20. The standard InChI is InChI=1S/C60H41NO/c1-3-14-42(15-4-1)43-28-30-44(31-29-43)45-32-36-52(37-33-45)61(54-23-12-21-50(41-54)56-26-13-19-47-16-7-8-24-55(47)56)53-38-34-46(35-39-53)49-20-11-22-51(40-49)60-59(48-17-5-2-6-18-48)57-25-9-10-27-58(57)62-60/h1-41H. The van der Waals surface area contributed by atoms with Gasteiger partial charge in [-0.05, 0) is 109 Å². The van der Waals surface area contributed by atoms with Crippen molar-refractivity contribution < 1.29 is 4.42 Å². The topological polar surface area (TPSA) is 16.4 Å². The molecule has 10 aromatic carbocycles. The Labute approximate surface area is 362 Å². The molecule has 0 aliphatic heterocycles. The maximum absolute atomic E-state index is 6.60. The first-order chi connectivity index (χ1) is 30.7. The van der Waals surface area contributed by atoms with Crippen molar-refractivity contribution in [3.05, 3.63) is 249 Å². The summed E-state index contributed by atoms with van der Waals surface area (Å²) >= 11 is 0. The minimum absolute atomic E-state index is 0.878. The minimum atomic E-state index is 0.878. The first-order valence-corrected chi connectivity index (χ1v) is 21.2. The summed E-state index contributed by atoms with van der Waals surface area (Å²) in [5.74, 6) is 0.878. The van der Waals surface area contributed by atoms with Crippen LogP contribution in [0.25, 0.3) is 88.7 Å². The van der Waals surface area contributed by atoms with Crippen LogP contribution in [0.4, 0.5) is 17.1 Å². The lowest BCUT2D eigenvalue weighted by atomic mass is 9.96. The Bertz CT molecular complexity index is 3310. The maximum Gasteiger partial charge on any atom is 0.143 e. The van der Waals surface area contributed by atoms with Crippen LogP contribution >= 0.6 is 0 Å². The second-order valence-electron chi connectivity index (χ2n) is 15.7. The highest BCUT2D eigenvalue weighted by atomic mass is 16.3. The molecule has 2 nitrogen and oxygen atoms in total. The summed E-state index contributed by atoms with van der Waals surface area (Å²) in [7, 11) is 0. The molecule has 0 fully saturated rings. The van der Waals surface area contributed by atoms with Crippen molar-refractivity contribution in [3.8, 4) is 67.0 Å². The molecule has 1 heterocycles. The summed E-state index contributed by atoms with van der Waals surface area (Å²) < 4.78 is 6.60. The van der Waals surface area contributed by atoms with Crippen LogP contribution in [0.5, 0.6) is 0 Å². The van der Waals surface area contributed by atoms with Gasteiger partial charge in [0.2, 0.25) is 0 Å². The largest absolute Gasteiger partial charge is 0.455 e. The molecule has 0 unspecified atom stereocenters. The number of hydrogen-bond donors (Lipinski definition) is 0. The van der Waals surface area contributed by atoms with E-state index in [4.69, 9.17) is 4.42 Å². The van der Waals surface area contributed by atoms with Crippen LogP contribution in [0.3, 0.4) is 0 Å².